The molecule has 0 atom stereocenters. The van der Waals surface area contributed by atoms with Crippen molar-refractivity contribution in [2.24, 2.45) is 0 Å². The number of nitrogens with zero attached hydrogens (tertiary/aromatic N) is 3. The number of methoxy groups -OCH3 is 1. The predicted molar refractivity (Wildman–Crippen MR) is 117 cm³/mol. The fourth-order valence-corrected chi connectivity index (χ4v) is 4.68. The van der Waals surface area contributed by atoms with Gasteiger partial charge < -0.3 is 9.64 Å². The van der Waals surface area contributed by atoms with Crippen LogP contribution in [0.3, 0.4) is 0 Å². The monoisotopic (exact) mass is 393 g/mol. The molecular formula is C23H27N3OS. The van der Waals surface area contributed by atoms with Crippen molar-refractivity contribution in [2.75, 3.05) is 38.2 Å². The quantitative estimate of drug-likeness (QED) is 0.620. The first-order valence-electron chi connectivity index (χ1n) is 9.86. The molecule has 3 aromatic rings. The van der Waals surface area contributed by atoms with Crippen LogP contribution in [0.25, 0.3) is 10.6 Å². The minimum Gasteiger partial charge on any atom is -0.495 e. The van der Waals surface area contributed by atoms with Crippen molar-refractivity contribution in [3.63, 3.8) is 0 Å². The molecule has 0 spiro atoms. The summed E-state index contributed by atoms with van der Waals surface area (Å²) in [5, 5.41) is 1.12. The van der Waals surface area contributed by atoms with Crippen molar-refractivity contribution < 1.29 is 4.74 Å². The van der Waals surface area contributed by atoms with E-state index in [1.807, 2.05) is 12.1 Å². The van der Waals surface area contributed by atoms with Crippen molar-refractivity contribution in [1.82, 2.24) is 9.88 Å². The molecule has 0 amide bonds. The van der Waals surface area contributed by atoms with Crippen molar-refractivity contribution in [2.45, 2.75) is 19.9 Å². The maximum atomic E-state index is 5.56. The fraction of sp³-hybridized carbons (Fsp3) is 0.348. The van der Waals surface area contributed by atoms with Gasteiger partial charge in [-0.15, -0.1) is 11.3 Å². The standard InChI is InChI=1S/C23H27N3OS/c1-18-20(24-23(28-18)19-9-4-3-5-10-19)17-25-13-8-14-26(16-15-25)21-11-6-7-12-22(21)27-2/h3-7,9-12H,8,13-17H2,1-2H3. The fourth-order valence-electron chi connectivity index (χ4n) is 3.75. The van der Waals surface area contributed by atoms with E-state index < -0.39 is 0 Å². The molecule has 2 aromatic carbocycles. The number of aryl methyl sites for hydroxylation is 1. The Hall–Kier alpha value is -2.37. The minimum absolute atomic E-state index is 0.926. The number of ether oxygens (including phenoxy) is 1. The lowest BCUT2D eigenvalue weighted by Gasteiger charge is -2.25. The minimum atomic E-state index is 0.926. The Labute approximate surface area is 171 Å². The maximum absolute atomic E-state index is 5.56. The summed E-state index contributed by atoms with van der Waals surface area (Å²) in [6.07, 6.45) is 1.15. The number of anilines is 1. The molecule has 0 radical (unpaired) electrons. The zero-order chi connectivity index (χ0) is 19.3. The highest BCUT2D eigenvalue weighted by atomic mass is 32.1. The van der Waals surface area contributed by atoms with E-state index in [1.54, 1.807) is 18.4 Å². The van der Waals surface area contributed by atoms with Crippen LogP contribution in [0.4, 0.5) is 5.69 Å². The van der Waals surface area contributed by atoms with E-state index in [-0.39, 0.29) is 0 Å². The summed E-state index contributed by atoms with van der Waals surface area (Å²) in [7, 11) is 1.75. The first-order chi connectivity index (χ1) is 13.7. The highest BCUT2D eigenvalue weighted by molar-refractivity contribution is 7.15. The Kier molecular flexibility index (Phi) is 5.93. The average Bonchev–Trinajstić information content (AvgIpc) is 2.95. The highest BCUT2D eigenvalue weighted by Gasteiger charge is 2.19. The van der Waals surface area contributed by atoms with E-state index in [2.05, 4.69) is 59.2 Å². The summed E-state index contributed by atoms with van der Waals surface area (Å²) in [5.41, 5.74) is 3.62. The molecule has 0 N–H and O–H groups in total. The summed E-state index contributed by atoms with van der Waals surface area (Å²) in [6.45, 7) is 7.32. The van der Waals surface area contributed by atoms with Gasteiger partial charge in [0.1, 0.15) is 10.8 Å². The molecule has 0 bridgehead atoms. The van der Waals surface area contributed by atoms with E-state index in [0.29, 0.717) is 0 Å². The molecular weight excluding hydrogens is 366 g/mol. The number of hydrogen-bond acceptors (Lipinski definition) is 5. The molecule has 28 heavy (non-hydrogen) atoms. The van der Waals surface area contributed by atoms with E-state index in [1.165, 1.54) is 21.8 Å². The van der Waals surface area contributed by atoms with Crippen LogP contribution < -0.4 is 9.64 Å². The Balaban J connectivity index is 1.44. The SMILES string of the molecule is COc1ccccc1N1CCCN(Cc2nc(-c3ccccc3)sc2C)CC1. The molecule has 0 unspecified atom stereocenters. The van der Waals surface area contributed by atoms with Gasteiger partial charge >= 0.3 is 0 Å². The number of benzene rings is 2. The zero-order valence-corrected chi connectivity index (χ0v) is 17.4. The van der Waals surface area contributed by atoms with Crippen LogP contribution in [0.1, 0.15) is 17.0 Å². The molecule has 1 aliphatic rings. The van der Waals surface area contributed by atoms with Crippen molar-refractivity contribution in [1.29, 1.82) is 0 Å². The van der Waals surface area contributed by atoms with E-state index >= 15 is 0 Å². The van der Waals surface area contributed by atoms with Crippen LogP contribution in [-0.2, 0) is 6.54 Å². The predicted octanol–water partition coefficient (Wildman–Crippen LogP) is 4.84. The van der Waals surface area contributed by atoms with Gasteiger partial charge in [-0.05, 0) is 25.5 Å². The number of aromatic nitrogens is 1. The van der Waals surface area contributed by atoms with Gasteiger partial charge in [0.25, 0.3) is 0 Å². The van der Waals surface area contributed by atoms with Crippen LogP contribution in [0.2, 0.25) is 0 Å². The smallest absolute Gasteiger partial charge is 0.142 e. The third-order valence-electron chi connectivity index (χ3n) is 5.30. The molecule has 0 aliphatic carbocycles. The molecule has 146 valence electrons. The summed E-state index contributed by atoms with van der Waals surface area (Å²) in [6, 6.07) is 18.8. The molecule has 1 aromatic heterocycles. The van der Waals surface area contributed by atoms with Gasteiger partial charge in [-0.3, -0.25) is 4.90 Å². The lowest BCUT2D eigenvalue weighted by molar-refractivity contribution is 0.282. The molecule has 1 fully saturated rings. The maximum Gasteiger partial charge on any atom is 0.142 e. The number of para-hydroxylation sites is 2. The lowest BCUT2D eigenvalue weighted by atomic mass is 10.2. The van der Waals surface area contributed by atoms with Crippen LogP contribution in [0, 0.1) is 6.92 Å². The van der Waals surface area contributed by atoms with E-state index in [9.17, 15) is 0 Å². The van der Waals surface area contributed by atoms with Gasteiger partial charge in [-0.1, -0.05) is 42.5 Å². The molecule has 0 saturated carbocycles. The van der Waals surface area contributed by atoms with Crippen LogP contribution in [0.5, 0.6) is 5.75 Å². The first kappa shape index (κ1) is 19.0. The normalized spacial score (nSPS) is 15.4. The molecule has 2 heterocycles. The molecule has 4 nitrogen and oxygen atoms in total. The molecule has 4 rings (SSSR count). The summed E-state index contributed by atoms with van der Waals surface area (Å²) < 4.78 is 5.56. The van der Waals surface area contributed by atoms with Crippen molar-refractivity contribution >= 4 is 17.0 Å². The summed E-state index contributed by atoms with van der Waals surface area (Å²) in [5.74, 6) is 0.957. The summed E-state index contributed by atoms with van der Waals surface area (Å²) in [4.78, 5) is 11.3. The van der Waals surface area contributed by atoms with Gasteiger partial charge in [0.05, 0.1) is 18.5 Å². The Morgan fingerprint density at radius 1 is 0.964 bits per heavy atom. The third-order valence-corrected chi connectivity index (χ3v) is 6.36. The number of hydrogen-bond donors (Lipinski definition) is 0. The highest BCUT2D eigenvalue weighted by Crippen LogP contribution is 2.30. The third kappa shape index (κ3) is 4.21. The second kappa shape index (κ2) is 8.76. The molecule has 1 saturated heterocycles. The average molecular weight is 394 g/mol. The van der Waals surface area contributed by atoms with Crippen LogP contribution in [0.15, 0.2) is 54.6 Å². The molecule has 5 heteroatoms. The largest absolute Gasteiger partial charge is 0.495 e. The number of thiazole rings is 1. The van der Waals surface area contributed by atoms with Gasteiger partial charge in [0, 0.05) is 43.2 Å². The Bertz CT molecular complexity index is 909. The van der Waals surface area contributed by atoms with Gasteiger partial charge in [0.15, 0.2) is 0 Å². The van der Waals surface area contributed by atoms with E-state index in [0.717, 1.165) is 49.9 Å². The second-order valence-electron chi connectivity index (χ2n) is 7.18. The van der Waals surface area contributed by atoms with Crippen molar-refractivity contribution in [3.8, 4) is 16.3 Å². The van der Waals surface area contributed by atoms with Gasteiger partial charge in [-0.2, -0.15) is 0 Å². The Morgan fingerprint density at radius 2 is 1.75 bits per heavy atom. The van der Waals surface area contributed by atoms with E-state index in [4.69, 9.17) is 9.72 Å². The van der Waals surface area contributed by atoms with Gasteiger partial charge in [-0.25, -0.2) is 4.98 Å². The second-order valence-corrected chi connectivity index (χ2v) is 8.38. The lowest BCUT2D eigenvalue weighted by Crippen LogP contribution is -2.30. The number of rotatable bonds is 5. The topological polar surface area (TPSA) is 28.6 Å². The van der Waals surface area contributed by atoms with Crippen LogP contribution in [-0.4, -0.2) is 43.2 Å². The molecule has 1 aliphatic heterocycles. The van der Waals surface area contributed by atoms with Gasteiger partial charge in [0.2, 0.25) is 0 Å². The van der Waals surface area contributed by atoms with Crippen molar-refractivity contribution in [3.05, 3.63) is 65.2 Å². The zero-order valence-electron chi connectivity index (χ0n) is 16.6. The first-order valence-corrected chi connectivity index (χ1v) is 10.7. The van der Waals surface area contributed by atoms with Crippen LogP contribution >= 0.6 is 11.3 Å². The summed E-state index contributed by atoms with van der Waals surface area (Å²) >= 11 is 1.80. The Morgan fingerprint density at radius 3 is 2.57 bits per heavy atom.